The smallest absolute Gasteiger partial charge is 0.326 e. The number of carboxylic acid groups (broad SMARTS) is 1. The predicted molar refractivity (Wildman–Crippen MR) is 95.0 cm³/mol. The number of hydrogen-bond donors (Lipinski definition) is 2. The number of thiocarbonyl (C=S) groups is 1. The summed E-state index contributed by atoms with van der Waals surface area (Å²) >= 11 is 5.42. The van der Waals surface area contributed by atoms with E-state index < -0.39 is 12.0 Å². The highest BCUT2D eigenvalue weighted by atomic mass is 32.1. The molecule has 0 aliphatic heterocycles. The minimum absolute atomic E-state index is 0.438. The molecule has 5 heteroatoms. The highest BCUT2D eigenvalue weighted by Gasteiger charge is 2.23. The van der Waals surface area contributed by atoms with Crippen LogP contribution >= 0.6 is 12.2 Å². The van der Waals surface area contributed by atoms with Crippen molar-refractivity contribution in [3.8, 4) is 0 Å². The summed E-state index contributed by atoms with van der Waals surface area (Å²) in [7, 11) is 0. The summed E-state index contributed by atoms with van der Waals surface area (Å²) in [6.45, 7) is 2.66. The molecule has 23 heavy (non-hydrogen) atoms. The molecule has 0 radical (unpaired) electrons. The maximum absolute atomic E-state index is 11.4. The van der Waals surface area contributed by atoms with Gasteiger partial charge >= 0.3 is 5.97 Å². The molecule has 0 aliphatic carbocycles. The molecule has 2 N–H and O–H groups in total. The van der Waals surface area contributed by atoms with Crippen molar-refractivity contribution in [2.24, 2.45) is 0 Å². The van der Waals surface area contributed by atoms with Gasteiger partial charge in [-0.1, -0.05) is 60.7 Å². The van der Waals surface area contributed by atoms with Crippen molar-refractivity contribution >= 4 is 23.3 Å². The normalized spacial score (nSPS) is 11.5. The maximum Gasteiger partial charge on any atom is 0.326 e. The summed E-state index contributed by atoms with van der Waals surface area (Å²) in [5.74, 6) is -0.898. The van der Waals surface area contributed by atoms with E-state index in [1.807, 2.05) is 60.7 Å². The van der Waals surface area contributed by atoms with Crippen LogP contribution < -0.4 is 5.32 Å². The Morgan fingerprint density at radius 2 is 1.61 bits per heavy atom. The second kappa shape index (κ2) is 8.29. The molecule has 0 aliphatic rings. The van der Waals surface area contributed by atoms with E-state index in [0.717, 1.165) is 11.1 Å². The van der Waals surface area contributed by atoms with Gasteiger partial charge in [-0.25, -0.2) is 4.79 Å². The quantitative estimate of drug-likeness (QED) is 0.798. The Hall–Kier alpha value is -2.40. The van der Waals surface area contributed by atoms with Crippen LogP contribution in [0.25, 0.3) is 0 Å². The van der Waals surface area contributed by atoms with Crippen molar-refractivity contribution < 1.29 is 9.90 Å². The molecule has 0 saturated heterocycles. The Labute approximate surface area is 141 Å². The fraction of sp³-hybridized carbons (Fsp3) is 0.222. The van der Waals surface area contributed by atoms with E-state index in [1.54, 1.807) is 11.8 Å². The van der Waals surface area contributed by atoms with Gasteiger partial charge in [-0.2, -0.15) is 0 Å². The van der Waals surface area contributed by atoms with Crippen LogP contribution in [-0.2, 0) is 17.9 Å². The SMILES string of the molecule is CC(C(=O)O)N(Cc1ccccc1)C(=S)NCc1ccccc1. The van der Waals surface area contributed by atoms with Crippen LogP contribution in [0.2, 0.25) is 0 Å². The molecule has 120 valence electrons. The Bertz CT molecular complexity index is 647. The standard InChI is InChI=1S/C18H20N2O2S/c1-14(17(21)22)20(13-16-10-6-3-7-11-16)18(23)19-12-15-8-4-2-5-9-15/h2-11,14H,12-13H2,1H3,(H,19,23)(H,21,22). The molecule has 2 aromatic carbocycles. The summed E-state index contributed by atoms with van der Waals surface area (Å²) < 4.78 is 0. The number of rotatable bonds is 6. The van der Waals surface area contributed by atoms with Gasteiger partial charge in [-0.15, -0.1) is 0 Å². The minimum Gasteiger partial charge on any atom is -0.480 e. The predicted octanol–water partition coefficient (Wildman–Crippen LogP) is 3.04. The Morgan fingerprint density at radius 3 is 2.13 bits per heavy atom. The first-order valence-electron chi connectivity index (χ1n) is 7.43. The number of nitrogens with one attached hydrogen (secondary N) is 1. The third-order valence-corrected chi connectivity index (χ3v) is 3.95. The molecular weight excluding hydrogens is 308 g/mol. The summed E-state index contributed by atoms with van der Waals surface area (Å²) in [5, 5.41) is 12.9. The van der Waals surface area contributed by atoms with Crippen molar-refractivity contribution in [1.82, 2.24) is 10.2 Å². The van der Waals surface area contributed by atoms with Crippen LogP contribution in [0.4, 0.5) is 0 Å². The molecule has 0 aromatic heterocycles. The second-order valence-electron chi connectivity index (χ2n) is 5.27. The van der Waals surface area contributed by atoms with E-state index in [1.165, 1.54) is 0 Å². The molecule has 4 nitrogen and oxygen atoms in total. The number of carbonyl (C=O) groups is 1. The number of aliphatic carboxylic acids is 1. The van der Waals surface area contributed by atoms with Crippen molar-refractivity contribution in [3.05, 3.63) is 71.8 Å². The topological polar surface area (TPSA) is 52.6 Å². The lowest BCUT2D eigenvalue weighted by molar-refractivity contribution is -0.141. The van der Waals surface area contributed by atoms with Crippen LogP contribution in [0.3, 0.4) is 0 Å². The molecule has 2 rings (SSSR count). The van der Waals surface area contributed by atoms with Crippen molar-refractivity contribution in [2.75, 3.05) is 0 Å². The fourth-order valence-corrected chi connectivity index (χ4v) is 2.47. The zero-order valence-electron chi connectivity index (χ0n) is 13.0. The Balaban J connectivity index is 2.06. The molecular formula is C18H20N2O2S. The first kappa shape index (κ1) is 17.0. The van der Waals surface area contributed by atoms with Crippen molar-refractivity contribution in [3.63, 3.8) is 0 Å². The van der Waals surface area contributed by atoms with Gasteiger partial charge in [0, 0.05) is 13.1 Å². The molecule has 1 atom stereocenters. The lowest BCUT2D eigenvalue weighted by Gasteiger charge is -2.29. The fourth-order valence-electron chi connectivity index (χ4n) is 2.17. The number of hydrogen-bond acceptors (Lipinski definition) is 2. The van der Waals surface area contributed by atoms with Crippen LogP contribution in [0.1, 0.15) is 18.1 Å². The average molecular weight is 328 g/mol. The monoisotopic (exact) mass is 328 g/mol. The summed E-state index contributed by atoms with van der Waals surface area (Å²) in [6, 6.07) is 18.9. The van der Waals surface area contributed by atoms with Gasteiger partial charge in [-0.3, -0.25) is 0 Å². The van der Waals surface area contributed by atoms with E-state index in [2.05, 4.69) is 5.32 Å². The van der Waals surface area contributed by atoms with E-state index >= 15 is 0 Å². The van der Waals surface area contributed by atoms with E-state index in [-0.39, 0.29) is 0 Å². The highest BCUT2D eigenvalue weighted by molar-refractivity contribution is 7.80. The number of benzene rings is 2. The zero-order valence-corrected chi connectivity index (χ0v) is 13.8. The Morgan fingerprint density at radius 1 is 1.09 bits per heavy atom. The van der Waals surface area contributed by atoms with Gasteiger partial charge in [0.1, 0.15) is 6.04 Å². The molecule has 0 fully saturated rings. The van der Waals surface area contributed by atoms with E-state index in [4.69, 9.17) is 12.2 Å². The van der Waals surface area contributed by atoms with Gasteiger partial charge in [-0.05, 0) is 30.3 Å². The van der Waals surface area contributed by atoms with Crippen LogP contribution in [0.15, 0.2) is 60.7 Å². The van der Waals surface area contributed by atoms with Crippen LogP contribution in [-0.4, -0.2) is 27.1 Å². The first-order chi connectivity index (χ1) is 11.1. The maximum atomic E-state index is 11.4. The van der Waals surface area contributed by atoms with Crippen LogP contribution in [0.5, 0.6) is 0 Å². The lowest BCUT2D eigenvalue weighted by Crippen LogP contribution is -2.47. The number of carboxylic acids is 1. The molecule has 2 aromatic rings. The molecule has 0 bridgehead atoms. The molecule has 0 amide bonds. The van der Waals surface area contributed by atoms with E-state index in [0.29, 0.717) is 18.2 Å². The largest absolute Gasteiger partial charge is 0.480 e. The van der Waals surface area contributed by atoms with Gasteiger partial charge in [0.2, 0.25) is 0 Å². The molecule has 0 saturated carbocycles. The number of nitrogens with zero attached hydrogens (tertiary/aromatic N) is 1. The highest BCUT2D eigenvalue weighted by Crippen LogP contribution is 2.10. The molecule has 0 heterocycles. The summed E-state index contributed by atoms with van der Waals surface area (Å²) in [4.78, 5) is 13.1. The third-order valence-electron chi connectivity index (χ3n) is 3.57. The zero-order chi connectivity index (χ0) is 16.7. The molecule has 1 unspecified atom stereocenters. The third kappa shape index (κ3) is 5.07. The minimum atomic E-state index is -0.898. The Kier molecular flexibility index (Phi) is 6.11. The molecule has 0 spiro atoms. The summed E-state index contributed by atoms with van der Waals surface area (Å²) in [6.07, 6.45) is 0. The average Bonchev–Trinajstić information content (AvgIpc) is 2.58. The van der Waals surface area contributed by atoms with Gasteiger partial charge in [0.15, 0.2) is 5.11 Å². The lowest BCUT2D eigenvalue weighted by atomic mass is 10.2. The second-order valence-corrected chi connectivity index (χ2v) is 5.66. The summed E-state index contributed by atoms with van der Waals surface area (Å²) in [5.41, 5.74) is 2.11. The van der Waals surface area contributed by atoms with Crippen molar-refractivity contribution in [1.29, 1.82) is 0 Å². The van der Waals surface area contributed by atoms with Gasteiger partial charge in [0.05, 0.1) is 0 Å². The first-order valence-corrected chi connectivity index (χ1v) is 7.84. The van der Waals surface area contributed by atoms with Crippen molar-refractivity contribution in [2.45, 2.75) is 26.1 Å². The van der Waals surface area contributed by atoms with E-state index in [9.17, 15) is 9.90 Å². The van der Waals surface area contributed by atoms with Gasteiger partial charge in [0.25, 0.3) is 0 Å². The van der Waals surface area contributed by atoms with Gasteiger partial charge < -0.3 is 15.3 Å². The van der Waals surface area contributed by atoms with Crippen LogP contribution in [0, 0.1) is 0 Å².